The van der Waals surface area contributed by atoms with Crippen LogP contribution in [0.15, 0.2) is 30.9 Å². The molecular formula is C26H34ClN9O5. The molecule has 41 heavy (non-hydrogen) atoms. The van der Waals surface area contributed by atoms with E-state index in [1.54, 1.807) is 18.2 Å². The number of carbonyl (C=O) groups excluding carboxylic acids is 2. The monoisotopic (exact) mass is 587 g/mol. The number of piperazine rings is 1. The summed E-state index contributed by atoms with van der Waals surface area (Å²) in [6.07, 6.45) is -0.337. The molecule has 2 saturated heterocycles. The maximum absolute atomic E-state index is 12.8. The smallest absolute Gasteiger partial charge is 0.260 e. The van der Waals surface area contributed by atoms with Crippen LogP contribution in [0.3, 0.4) is 0 Å². The van der Waals surface area contributed by atoms with Gasteiger partial charge in [0.05, 0.1) is 12.4 Å². The number of nitrogens with zero attached hydrogens (tertiary/aromatic N) is 6. The molecule has 0 unspecified atom stereocenters. The van der Waals surface area contributed by atoms with Crippen molar-refractivity contribution in [1.82, 2.24) is 34.6 Å². The summed E-state index contributed by atoms with van der Waals surface area (Å²) in [6.45, 7) is 6.36. The fourth-order valence-electron chi connectivity index (χ4n) is 5.02. The molecule has 2 amide bonds. The summed E-state index contributed by atoms with van der Waals surface area (Å²) in [5.74, 6) is 0.451. The first kappa shape index (κ1) is 29.0. The van der Waals surface area contributed by atoms with Crippen LogP contribution in [0.5, 0.6) is 5.75 Å². The number of ether oxygens (including phenoxy) is 2. The van der Waals surface area contributed by atoms with Crippen LogP contribution in [0.2, 0.25) is 5.02 Å². The SMILES string of the molecule is CCN1CCN(C(=O)COc2ccc(Cl)cc2CNc2ncnc3c2ncn3[C@@H]2O[C@H](C(=O)NC)[C@@H](N)[C@H]2O)CC1. The van der Waals surface area contributed by atoms with E-state index in [0.29, 0.717) is 40.8 Å². The van der Waals surface area contributed by atoms with Crippen molar-refractivity contribution in [3.63, 3.8) is 0 Å². The molecule has 2 fully saturated rings. The molecule has 1 aromatic carbocycles. The second-order valence-corrected chi connectivity index (χ2v) is 10.3. The van der Waals surface area contributed by atoms with Gasteiger partial charge in [0.15, 0.2) is 35.9 Å². The van der Waals surface area contributed by atoms with Crippen molar-refractivity contribution in [2.75, 3.05) is 51.7 Å². The number of nitrogens with one attached hydrogen (secondary N) is 2. The third-order valence-electron chi connectivity index (χ3n) is 7.45. The first-order valence-corrected chi connectivity index (χ1v) is 13.8. The number of carbonyl (C=O) groups is 2. The van der Waals surface area contributed by atoms with Crippen molar-refractivity contribution in [1.29, 1.82) is 0 Å². The van der Waals surface area contributed by atoms with Crippen molar-refractivity contribution in [3.8, 4) is 5.75 Å². The molecular weight excluding hydrogens is 554 g/mol. The highest BCUT2D eigenvalue weighted by molar-refractivity contribution is 6.30. The standard InChI is InChI=1S/C26H34ClN9O5/c1-3-34-6-8-35(9-7-34)18(37)12-40-17-5-4-16(27)10-15(17)11-30-23-20-24(32-13-31-23)36(14-33-20)26-21(38)19(28)22(41-26)25(39)29-2/h4-5,10,13-14,19,21-22,26,38H,3,6-9,11-12,28H2,1-2H3,(H,29,39)(H,30,31,32)/t19-,21+,22-,26+/m0/s1. The van der Waals surface area contributed by atoms with Crippen LogP contribution in [0.1, 0.15) is 18.7 Å². The molecule has 2 aliphatic rings. The van der Waals surface area contributed by atoms with Gasteiger partial charge in [-0.15, -0.1) is 0 Å². The van der Waals surface area contributed by atoms with Gasteiger partial charge in [0.25, 0.3) is 11.8 Å². The summed E-state index contributed by atoms with van der Waals surface area (Å²) in [5.41, 5.74) is 7.57. The van der Waals surface area contributed by atoms with Gasteiger partial charge in [0.2, 0.25) is 0 Å². The van der Waals surface area contributed by atoms with Gasteiger partial charge >= 0.3 is 0 Å². The van der Waals surface area contributed by atoms with Crippen LogP contribution in [-0.4, -0.2) is 111 Å². The number of nitrogens with two attached hydrogens (primary N) is 1. The van der Waals surface area contributed by atoms with Crippen LogP contribution in [0.4, 0.5) is 5.82 Å². The summed E-state index contributed by atoms with van der Waals surface area (Å²) < 4.78 is 13.2. The Hall–Kier alpha value is -3.56. The topological polar surface area (TPSA) is 173 Å². The van der Waals surface area contributed by atoms with E-state index < -0.39 is 30.4 Å². The highest BCUT2D eigenvalue weighted by Gasteiger charge is 2.46. The molecule has 5 rings (SSSR count). The number of fused-ring (bicyclic) bond motifs is 1. The van der Waals surface area contributed by atoms with Crippen LogP contribution in [0, 0.1) is 0 Å². The lowest BCUT2D eigenvalue weighted by atomic mass is 10.1. The van der Waals surface area contributed by atoms with E-state index in [-0.39, 0.29) is 19.1 Å². The predicted octanol–water partition coefficient (Wildman–Crippen LogP) is -0.0337. The quantitative estimate of drug-likeness (QED) is 0.265. The molecule has 15 heteroatoms. The fourth-order valence-corrected chi connectivity index (χ4v) is 5.21. The van der Waals surface area contributed by atoms with Gasteiger partial charge in [-0.1, -0.05) is 18.5 Å². The van der Waals surface area contributed by atoms with Gasteiger partial charge in [-0.05, 0) is 24.7 Å². The lowest BCUT2D eigenvalue weighted by molar-refractivity contribution is -0.135. The Labute approximate surface area is 241 Å². The number of likely N-dealkylation sites (N-methyl/N-ethyl adjacent to an activating group) is 2. The minimum absolute atomic E-state index is 0.0626. The molecule has 0 saturated carbocycles. The van der Waals surface area contributed by atoms with Crippen molar-refractivity contribution in [2.45, 2.75) is 37.9 Å². The first-order valence-electron chi connectivity index (χ1n) is 13.4. The summed E-state index contributed by atoms with van der Waals surface area (Å²) in [5, 5.41) is 16.9. The zero-order valence-corrected chi connectivity index (χ0v) is 23.6. The summed E-state index contributed by atoms with van der Waals surface area (Å²) in [6, 6.07) is 4.27. The van der Waals surface area contributed by atoms with E-state index in [2.05, 4.69) is 37.4 Å². The van der Waals surface area contributed by atoms with E-state index in [1.165, 1.54) is 24.3 Å². The third-order valence-corrected chi connectivity index (χ3v) is 7.69. The number of aliphatic hydroxyl groups is 1. The lowest BCUT2D eigenvalue weighted by Gasteiger charge is -2.34. The Morgan fingerprint density at radius 1 is 1.22 bits per heavy atom. The molecule has 4 heterocycles. The zero-order valence-electron chi connectivity index (χ0n) is 22.9. The number of benzene rings is 1. The second kappa shape index (κ2) is 12.5. The number of imidazole rings is 1. The lowest BCUT2D eigenvalue weighted by Crippen LogP contribution is -2.49. The first-order chi connectivity index (χ1) is 19.8. The maximum Gasteiger partial charge on any atom is 0.260 e. The average Bonchev–Trinajstić information content (AvgIpc) is 3.55. The zero-order chi connectivity index (χ0) is 29.1. The van der Waals surface area contributed by atoms with Crippen molar-refractivity contribution < 1.29 is 24.2 Å². The van der Waals surface area contributed by atoms with Crippen molar-refractivity contribution >= 4 is 40.4 Å². The van der Waals surface area contributed by atoms with Gasteiger partial charge in [-0.25, -0.2) is 15.0 Å². The average molecular weight is 588 g/mol. The second-order valence-electron chi connectivity index (χ2n) is 9.89. The number of anilines is 1. The number of aliphatic hydroxyl groups excluding tert-OH is 1. The number of hydrogen-bond donors (Lipinski definition) is 4. The molecule has 2 aromatic heterocycles. The van der Waals surface area contributed by atoms with E-state index in [9.17, 15) is 14.7 Å². The molecule has 0 radical (unpaired) electrons. The van der Waals surface area contributed by atoms with E-state index in [4.69, 9.17) is 26.8 Å². The van der Waals surface area contributed by atoms with Crippen LogP contribution in [-0.2, 0) is 20.9 Å². The van der Waals surface area contributed by atoms with E-state index in [1.807, 2.05) is 4.90 Å². The van der Waals surface area contributed by atoms with Crippen LogP contribution < -0.4 is 21.1 Å². The minimum atomic E-state index is -1.16. The van der Waals surface area contributed by atoms with Gasteiger partial charge < -0.3 is 40.7 Å². The van der Waals surface area contributed by atoms with Gasteiger partial charge in [-0.3, -0.25) is 14.2 Å². The van der Waals surface area contributed by atoms with Gasteiger partial charge in [-0.2, -0.15) is 0 Å². The molecule has 2 aliphatic heterocycles. The number of rotatable bonds is 9. The Kier molecular flexibility index (Phi) is 8.85. The number of amides is 2. The number of halogens is 1. The molecule has 0 aliphatic carbocycles. The Bertz CT molecular complexity index is 1400. The Balaban J connectivity index is 1.28. The predicted molar refractivity (Wildman–Crippen MR) is 150 cm³/mol. The van der Waals surface area contributed by atoms with E-state index in [0.717, 1.165) is 25.2 Å². The molecule has 3 aromatic rings. The minimum Gasteiger partial charge on any atom is -0.483 e. The van der Waals surface area contributed by atoms with Crippen LogP contribution >= 0.6 is 11.6 Å². The molecule has 0 spiro atoms. The van der Waals surface area contributed by atoms with Gasteiger partial charge in [0.1, 0.15) is 18.2 Å². The molecule has 4 atom stereocenters. The summed E-state index contributed by atoms with van der Waals surface area (Å²) in [7, 11) is 1.47. The number of aromatic nitrogens is 4. The molecule has 5 N–H and O–H groups in total. The fraction of sp³-hybridized carbons (Fsp3) is 0.500. The van der Waals surface area contributed by atoms with E-state index >= 15 is 0 Å². The molecule has 14 nitrogen and oxygen atoms in total. The highest BCUT2D eigenvalue weighted by atomic mass is 35.5. The maximum atomic E-state index is 12.8. The van der Waals surface area contributed by atoms with Crippen molar-refractivity contribution in [2.24, 2.45) is 5.73 Å². The molecule has 220 valence electrons. The normalized spacial score (nSPS) is 23.1. The Morgan fingerprint density at radius 2 is 2.00 bits per heavy atom. The van der Waals surface area contributed by atoms with Crippen molar-refractivity contribution in [3.05, 3.63) is 41.4 Å². The highest BCUT2D eigenvalue weighted by Crippen LogP contribution is 2.32. The third kappa shape index (κ3) is 6.06. The van der Waals surface area contributed by atoms with Crippen LogP contribution in [0.25, 0.3) is 11.2 Å². The Morgan fingerprint density at radius 3 is 2.73 bits per heavy atom. The summed E-state index contributed by atoms with van der Waals surface area (Å²) >= 11 is 6.27. The largest absolute Gasteiger partial charge is 0.483 e. The molecule has 0 bridgehead atoms. The van der Waals surface area contributed by atoms with Gasteiger partial charge in [0, 0.05) is 50.4 Å². The summed E-state index contributed by atoms with van der Waals surface area (Å²) in [4.78, 5) is 42.1. The number of hydrogen-bond acceptors (Lipinski definition) is 11.